The topological polar surface area (TPSA) is 120 Å². The number of hydrogen-bond donors (Lipinski definition) is 2. The van der Waals surface area contributed by atoms with Crippen molar-refractivity contribution >= 4 is 23.8 Å². The summed E-state index contributed by atoms with van der Waals surface area (Å²) in [7, 11) is 2.87. The van der Waals surface area contributed by atoms with Crippen LogP contribution in [0.4, 0.5) is 0 Å². The standard InChI is InChI=1S/C47H78N2O7/c1-32(30-48-31-40(52)55-9)34-21-26-47(42(53)49-29-17-15-13-11-10-12-14-16-18-39(51)54-8)28-27-45(6)35(41(34)47)19-20-37-44(5)24-23-38(56-33(2)50)43(3,4)36(44)22-25-46(37,45)7/h34-38,41,48H,1,10-31H2,2-9H3,(H,49,53)/t34-,35+,36-,37+,38-,41+,44-,45+,46+,47-/m0/s1. The highest BCUT2D eigenvalue weighted by atomic mass is 16.5. The Morgan fingerprint density at radius 3 is 2.00 bits per heavy atom. The Balaban J connectivity index is 1.29. The number of unbranched alkanes of at least 4 members (excludes halogenated alkanes) is 7. The zero-order valence-corrected chi connectivity index (χ0v) is 36.6. The minimum atomic E-state index is -0.390. The molecule has 0 radical (unpaired) electrons. The number of ether oxygens (including phenoxy) is 3. The fourth-order valence-corrected chi connectivity index (χ4v) is 14.3. The third kappa shape index (κ3) is 8.50. The number of rotatable bonds is 18. The number of methoxy groups -OCH3 is 2. The molecule has 0 aromatic carbocycles. The highest BCUT2D eigenvalue weighted by Crippen LogP contribution is 2.77. The number of esters is 3. The SMILES string of the molecule is C=C(CNCC(=O)OC)[C@@H]1CC[C@]2(C(=O)NCCCCCCCCCCC(=O)OC)CC[C@]3(C)[C@H](CC[C@@H]4[C@@]5(C)CC[C@H](OC(C)=O)C(C)(C)[C@@H]5CC[C@]43C)[C@@H]12. The number of carbonyl (C=O) groups excluding carboxylic acids is 4. The van der Waals surface area contributed by atoms with Crippen LogP contribution in [0.1, 0.15) is 164 Å². The molecule has 0 heterocycles. The Labute approximate surface area is 339 Å². The molecule has 1 amide bonds. The van der Waals surface area contributed by atoms with Crippen LogP contribution in [0.25, 0.3) is 0 Å². The normalized spacial score (nSPS) is 36.9. The van der Waals surface area contributed by atoms with Gasteiger partial charge in [0.25, 0.3) is 0 Å². The summed E-state index contributed by atoms with van der Waals surface area (Å²) in [6.07, 6.45) is 19.8. The minimum absolute atomic E-state index is 0.0309. The van der Waals surface area contributed by atoms with Gasteiger partial charge in [0.1, 0.15) is 6.10 Å². The van der Waals surface area contributed by atoms with Crippen LogP contribution in [0.2, 0.25) is 0 Å². The average molecular weight is 783 g/mol. The van der Waals surface area contributed by atoms with Crippen molar-refractivity contribution in [3.63, 3.8) is 0 Å². The van der Waals surface area contributed by atoms with Gasteiger partial charge in [-0.25, -0.2) is 0 Å². The van der Waals surface area contributed by atoms with Crippen LogP contribution in [0.15, 0.2) is 12.2 Å². The van der Waals surface area contributed by atoms with Crippen molar-refractivity contribution in [3.8, 4) is 0 Å². The smallest absolute Gasteiger partial charge is 0.319 e. The number of hydrogen-bond acceptors (Lipinski definition) is 8. The summed E-state index contributed by atoms with van der Waals surface area (Å²) in [6.45, 7) is 20.2. The lowest BCUT2D eigenvalue weighted by Gasteiger charge is -2.72. The van der Waals surface area contributed by atoms with Crippen LogP contribution in [-0.2, 0) is 33.4 Å². The zero-order valence-electron chi connectivity index (χ0n) is 36.6. The molecule has 56 heavy (non-hydrogen) atoms. The molecule has 9 heteroatoms. The van der Waals surface area contributed by atoms with Crippen molar-refractivity contribution in [1.29, 1.82) is 0 Å². The molecule has 0 aromatic heterocycles. The molecule has 0 saturated heterocycles. The van der Waals surface area contributed by atoms with E-state index in [0.717, 1.165) is 95.6 Å². The lowest BCUT2D eigenvalue weighted by atomic mass is 9.32. The quantitative estimate of drug-likeness (QED) is 0.0612. The first-order valence-electron chi connectivity index (χ1n) is 22.5. The number of carbonyl (C=O) groups is 4. The van der Waals surface area contributed by atoms with E-state index >= 15 is 0 Å². The Bertz CT molecular complexity index is 1430. The van der Waals surface area contributed by atoms with E-state index in [4.69, 9.17) is 14.2 Å². The average Bonchev–Trinajstić information content (AvgIpc) is 3.56. The van der Waals surface area contributed by atoms with E-state index in [-0.39, 0.29) is 70.0 Å². The lowest BCUT2D eigenvalue weighted by Crippen LogP contribution is -2.67. The number of fused-ring (bicyclic) bond motifs is 7. The summed E-state index contributed by atoms with van der Waals surface area (Å²) < 4.78 is 15.6. The minimum Gasteiger partial charge on any atom is -0.469 e. The highest BCUT2D eigenvalue weighted by Gasteiger charge is 2.72. The van der Waals surface area contributed by atoms with E-state index in [2.05, 4.69) is 51.8 Å². The summed E-state index contributed by atoms with van der Waals surface area (Å²) in [5, 5.41) is 6.79. The van der Waals surface area contributed by atoms with E-state index in [1.165, 1.54) is 46.3 Å². The Morgan fingerprint density at radius 2 is 1.34 bits per heavy atom. The van der Waals surface area contributed by atoms with Gasteiger partial charge in [-0.2, -0.15) is 0 Å². The van der Waals surface area contributed by atoms with Crippen molar-refractivity contribution in [2.24, 2.45) is 56.7 Å². The monoisotopic (exact) mass is 783 g/mol. The van der Waals surface area contributed by atoms with E-state index < -0.39 is 5.41 Å². The zero-order chi connectivity index (χ0) is 40.9. The van der Waals surface area contributed by atoms with E-state index in [0.29, 0.717) is 30.7 Å². The van der Waals surface area contributed by atoms with Crippen molar-refractivity contribution in [2.45, 2.75) is 170 Å². The van der Waals surface area contributed by atoms with Crippen LogP contribution >= 0.6 is 0 Å². The maximum absolute atomic E-state index is 14.7. The van der Waals surface area contributed by atoms with Gasteiger partial charge in [0.05, 0.1) is 26.2 Å². The molecular formula is C47H78N2O7. The van der Waals surface area contributed by atoms with Gasteiger partial charge in [0.15, 0.2) is 0 Å². The summed E-state index contributed by atoms with van der Waals surface area (Å²) in [6, 6.07) is 0. The first kappa shape index (κ1) is 44.7. The van der Waals surface area contributed by atoms with Crippen LogP contribution < -0.4 is 10.6 Å². The summed E-state index contributed by atoms with van der Waals surface area (Å²) in [4.78, 5) is 50.1. The Hall–Kier alpha value is -2.42. The molecule has 0 spiro atoms. The van der Waals surface area contributed by atoms with E-state index in [9.17, 15) is 19.2 Å². The highest BCUT2D eigenvalue weighted by molar-refractivity contribution is 5.84. The van der Waals surface area contributed by atoms with Crippen LogP contribution in [0.3, 0.4) is 0 Å². The second kappa shape index (κ2) is 18.2. The molecule has 5 saturated carbocycles. The fourth-order valence-electron chi connectivity index (χ4n) is 14.3. The first-order valence-corrected chi connectivity index (χ1v) is 22.5. The predicted octanol–water partition coefficient (Wildman–Crippen LogP) is 9.12. The first-order chi connectivity index (χ1) is 26.5. The number of nitrogens with one attached hydrogen (secondary N) is 2. The van der Waals surface area contributed by atoms with Gasteiger partial charge >= 0.3 is 17.9 Å². The van der Waals surface area contributed by atoms with Crippen LogP contribution in [0.5, 0.6) is 0 Å². The molecule has 0 bridgehead atoms. The molecule has 5 aliphatic rings. The molecule has 2 N–H and O–H groups in total. The second-order valence-electron chi connectivity index (χ2n) is 20.2. The third-order valence-corrected chi connectivity index (χ3v) is 17.3. The van der Waals surface area contributed by atoms with E-state index in [1.54, 1.807) is 6.92 Å². The van der Waals surface area contributed by atoms with Gasteiger partial charge in [-0.3, -0.25) is 19.2 Å². The molecule has 5 rings (SSSR count). The molecule has 0 aromatic rings. The maximum atomic E-state index is 14.7. The van der Waals surface area contributed by atoms with Gasteiger partial charge in [-0.05, 0) is 123 Å². The molecule has 5 aliphatic carbocycles. The fraction of sp³-hybridized carbons (Fsp3) is 0.872. The van der Waals surface area contributed by atoms with Crippen molar-refractivity contribution in [2.75, 3.05) is 33.9 Å². The Morgan fingerprint density at radius 1 is 0.679 bits per heavy atom. The summed E-state index contributed by atoms with van der Waals surface area (Å²) >= 11 is 0. The molecule has 5 fully saturated rings. The molecule has 0 aliphatic heterocycles. The summed E-state index contributed by atoms with van der Waals surface area (Å²) in [5.74, 6) is 1.66. The largest absolute Gasteiger partial charge is 0.469 e. The van der Waals surface area contributed by atoms with Crippen molar-refractivity contribution in [1.82, 2.24) is 10.6 Å². The van der Waals surface area contributed by atoms with Crippen molar-refractivity contribution in [3.05, 3.63) is 12.2 Å². The Kier molecular flexibility index (Phi) is 14.6. The maximum Gasteiger partial charge on any atom is 0.319 e. The van der Waals surface area contributed by atoms with Gasteiger partial charge in [0.2, 0.25) is 5.91 Å². The third-order valence-electron chi connectivity index (χ3n) is 17.3. The summed E-state index contributed by atoms with van der Waals surface area (Å²) in [5.41, 5.74) is 1.07. The van der Waals surface area contributed by atoms with Gasteiger partial charge in [-0.15, -0.1) is 0 Å². The van der Waals surface area contributed by atoms with E-state index in [1.807, 2.05) is 0 Å². The molecule has 9 nitrogen and oxygen atoms in total. The second-order valence-corrected chi connectivity index (χ2v) is 20.2. The van der Waals surface area contributed by atoms with Crippen LogP contribution in [-0.4, -0.2) is 63.8 Å². The van der Waals surface area contributed by atoms with Gasteiger partial charge in [-0.1, -0.05) is 85.3 Å². The van der Waals surface area contributed by atoms with Gasteiger partial charge < -0.3 is 24.8 Å². The molecular weight excluding hydrogens is 705 g/mol. The predicted molar refractivity (Wildman–Crippen MR) is 220 cm³/mol. The van der Waals surface area contributed by atoms with Crippen LogP contribution in [0, 0.1) is 56.7 Å². The molecule has 0 unspecified atom stereocenters. The van der Waals surface area contributed by atoms with Gasteiger partial charge in [0, 0.05) is 31.8 Å². The molecule has 318 valence electrons. The number of amides is 1. The van der Waals surface area contributed by atoms with Crippen molar-refractivity contribution < 1.29 is 33.4 Å². The molecule has 10 atom stereocenters. The lowest BCUT2D eigenvalue weighted by molar-refractivity contribution is -0.248.